The molecule has 1 aliphatic rings. The van der Waals surface area contributed by atoms with Gasteiger partial charge in [-0.25, -0.2) is 10.2 Å². The third-order valence-electron chi connectivity index (χ3n) is 7.05. The molecule has 0 saturated heterocycles. The second-order valence-electron chi connectivity index (χ2n) is 10.2. The Morgan fingerprint density at radius 2 is 1.64 bits per heavy atom. The van der Waals surface area contributed by atoms with Crippen LogP contribution < -0.4 is 10.2 Å². The molecule has 1 N–H and O–H groups in total. The molecule has 0 bridgehead atoms. The molecule has 0 aliphatic heterocycles. The van der Waals surface area contributed by atoms with Crippen molar-refractivity contribution in [1.82, 2.24) is 5.43 Å². The number of carbonyl (C=O) groups excluding carboxylic acids is 2. The first-order valence-electron chi connectivity index (χ1n) is 13.3. The van der Waals surface area contributed by atoms with Gasteiger partial charge in [0.05, 0.1) is 5.71 Å². The molecule has 0 saturated carbocycles. The van der Waals surface area contributed by atoms with Crippen LogP contribution in [-0.2, 0) is 6.42 Å². The van der Waals surface area contributed by atoms with Crippen LogP contribution in [0.15, 0.2) is 82.3 Å². The third-order valence-corrected chi connectivity index (χ3v) is 7.05. The molecule has 1 aromatic heterocycles. The molecule has 198 valence electrons. The minimum absolute atomic E-state index is 0.175. The maximum absolute atomic E-state index is 13.2. The highest BCUT2D eigenvalue weighted by Gasteiger charge is 2.29. The number of aryl methyl sites for hydroxylation is 2. The molecular weight excluding hydrogens is 488 g/mol. The van der Waals surface area contributed by atoms with Crippen LogP contribution in [-0.4, -0.2) is 17.6 Å². The Morgan fingerprint density at radius 3 is 2.36 bits per heavy atom. The summed E-state index contributed by atoms with van der Waals surface area (Å²) in [7, 11) is 0. The minimum Gasteiger partial charge on any atom is -0.453 e. The number of nitrogens with one attached hydrogen (secondary N) is 1. The number of rotatable bonds is 6. The van der Waals surface area contributed by atoms with Crippen molar-refractivity contribution >= 4 is 17.6 Å². The van der Waals surface area contributed by atoms with Crippen molar-refractivity contribution in [2.24, 2.45) is 5.10 Å². The summed E-state index contributed by atoms with van der Waals surface area (Å²) in [6.45, 7) is 7.93. The summed E-state index contributed by atoms with van der Waals surface area (Å²) in [5, 5.41) is 4.45. The van der Waals surface area contributed by atoms with Gasteiger partial charge in [0, 0.05) is 23.1 Å². The van der Waals surface area contributed by atoms with Crippen LogP contribution >= 0.6 is 0 Å². The highest BCUT2D eigenvalue weighted by molar-refractivity contribution is 6.06. The van der Waals surface area contributed by atoms with Gasteiger partial charge in [-0.2, -0.15) is 5.10 Å². The van der Waals surface area contributed by atoms with Gasteiger partial charge in [-0.3, -0.25) is 4.79 Å². The van der Waals surface area contributed by atoms with Crippen molar-refractivity contribution in [1.29, 1.82) is 0 Å². The maximum atomic E-state index is 13.2. The average molecular weight is 521 g/mol. The van der Waals surface area contributed by atoms with Gasteiger partial charge in [0.2, 0.25) is 5.76 Å². The van der Waals surface area contributed by atoms with Gasteiger partial charge < -0.3 is 9.15 Å². The number of hydrogen-bond acceptors (Lipinski definition) is 5. The van der Waals surface area contributed by atoms with E-state index >= 15 is 0 Å². The van der Waals surface area contributed by atoms with Gasteiger partial charge in [0.1, 0.15) is 11.5 Å². The Hall–Kier alpha value is -4.45. The molecule has 0 unspecified atom stereocenters. The molecule has 6 heteroatoms. The fraction of sp³-hybridized carbons (Fsp3) is 0.242. The van der Waals surface area contributed by atoms with Crippen molar-refractivity contribution < 1.29 is 18.7 Å². The second-order valence-corrected chi connectivity index (χ2v) is 10.2. The van der Waals surface area contributed by atoms with Crippen LogP contribution in [0.25, 0.3) is 11.1 Å². The number of hydrogen-bond donors (Lipinski definition) is 1. The average Bonchev–Trinajstić information content (AvgIpc) is 3.29. The van der Waals surface area contributed by atoms with Gasteiger partial charge >= 0.3 is 5.97 Å². The molecule has 5 rings (SSSR count). The highest BCUT2D eigenvalue weighted by atomic mass is 16.5. The number of furan rings is 1. The number of nitrogens with zero attached hydrogens (tertiary/aromatic N) is 1. The highest BCUT2D eigenvalue weighted by Crippen LogP contribution is 2.32. The van der Waals surface area contributed by atoms with Gasteiger partial charge in [-0.05, 0) is 73.1 Å². The van der Waals surface area contributed by atoms with Gasteiger partial charge in [0.15, 0.2) is 0 Å². The first-order valence-corrected chi connectivity index (χ1v) is 13.3. The summed E-state index contributed by atoms with van der Waals surface area (Å²) in [5.74, 6) is 0.791. The Balaban J connectivity index is 1.34. The molecule has 1 aliphatic carbocycles. The van der Waals surface area contributed by atoms with Gasteiger partial charge in [-0.15, -0.1) is 0 Å². The van der Waals surface area contributed by atoms with Crippen molar-refractivity contribution in [3.05, 3.63) is 112 Å². The van der Waals surface area contributed by atoms with Gasteiger partial charge in [-0.1, -0.05) is 68.4 Å². The van der Waals surface area contributed by atoms with E-state index in [4.69, 9.17) is 9.15 Å². The van der Waals surface area contributed by atoms with Crippen molar-refractivity contribution in [2.75, 3.05) is 0 Å². The Morgan fingerprint density at radius 1 is 0.923 bits per heavy atom. The lowest BCUT2D eigenvalue weighted by Gasteiger charge is -2.13. The van der Waals surface area contributed by atoms with E-state index < -0.39 is 5.97 Å². The molecule has 39 heavy (non-hydrogen) atoms. The fourth-order valence-corrected chi connectivity index (χ4v) is 4.96. The lowest BCUT2D eigenvalue weighted by atomic mass is 9.93. The van der Waals surface area contributed by atoms with Crippen molar-refractivity contribution in [2.45, 2.75) is 52.9 Å². The standard InChI is InChI=1S/C33H32N2O4/c1-20(2)26-18-13-21(3)19-29(26)39-33(37)31-22(4)30-27(11-8-12-28(30)38-31)34-35-32(36)25-16-14-24(15-17-25)23-9-6-5-7-10-23/h5-7,9-10,13-20H,8,11-12H2,1-4H3,(H,35,36)/b34-27+. The summed E-state index contributed by atoms with van der Waals surface area (Å²) >= 11 is 0. The largest absolute Gasteiger partial charge is 0.453 e. The smallest absolute Gasteiger partial charge is 0.379 e. The predicted octanol–water partition coefficient (Wildman–Crippen LogP) is 7.38. The van der Waals surface area contributed by atoms with Crippen LogP contribution in [0.4, 0.5) is 0 Å². The lowest BCUT2D eigenvalue weighted by molar-refractivity contribution is 0.0696. The number of benzene rings is 3. The van der Waals surface area contributed by atoms with Crippen LogP contribution in [0.5, 0.6) is 5.75 Å². The summed E-state index contributed by atoms with van der Waals surface area (Å²) in [6.07, 6.45) is 2.17. The van der Waals surface area contributed by atoms with E-state index in [1.165, 1.54) is 0 Å². The Kier molecular flexibility index (Phi) is 7.46. The molecule has 1 heterocycles. The zero-order valence-electron chi connectivity index (χ0n) is 22.7. The maximum Gasteiger partial charge on any atom is 0.379 e. The molecule has 3 aromatic carbocycles. The van der Waals surface area contributed by atoms with Crippen molar-refractivity contribution in [3.63, 3.8) is 0 Å². The summed E-state index contributed by atoms with van der Waals surface area (Å²) in [5.41, 5.74) is 9.46. The van der Waals surface area contributed by atoms with E-state index in [2.05, 4.69) is 24.4 Å². The number of hydrazone groups is 1. The van der Waals surface area contributed by atoms with E-state index in [1.54, 1.807) is 12.1 Å². The number of esters is 1. The predicted molar refractivity (Wildman–Crippen MR) is 152 cm³/mol. The third kappa shape index (κ3) is 5.55. The number of ether oxygens (including phenoxy) is 1. The van der Waals surface area contributed by atoms with Gasteiger partial charge in [0.25, 0.3) is 5.91 Å². The topological polar surface area (TPSA) is 80.9 Å². The second kappa shape index (κ2) is 11.1. The van der Waals surface area contributed by atoms with E-state index in [0.29, 0.717) is 41.2 Å². The first-order chi connectivity index (χ1) is 18.8. The van der Waals surface area contributed by atoms with E-state index in [1.807, 2.05) is 74.5 Å². The van der Waals surface area contributed by atoms with Crippen LogP contribution in [0.1, 0.15) is 81.5 Å². The monoisotopic (exact) mass is 520 g/mol. The minimum atomic E-state index is -0.531. The van der Waals surface area contributed by atoms with E-state index in [9.17, 15) is 9.59 Å². The summed E-state index contributed by atoms with van der Waals surface area (Å²) in [6, 6.07) is 23.3. The molecule has 0 spiro atoms. The lowest BCUT2D eigenvalue weighted by Crippen LogP contribution is -2.22. The Labute approximate surface area is 228 Å². The van der Waals surface area contributed by atoms with Crippen LogP contribution in [0.2, 0.25) is 0 Å². The summed E-state index contributed by atoms with van der Waals surface area (Å²) < 4.78 is 11.8. The van der Waals surface area contributed by atoms with Crippen LogP contribution in [0.3, 0.4) is 0 Å². The number of fused-ring (bicyclic) bond motifs is 1. The molecular formula is C33H32N2O4. The molecule has 0 atom stereocenters. The Bertz CT molecular complexity index is 1550. The fourth-order valence-electron chi connectivity index (χ4n) is 4.96. The number of amides is 1. The molecule has 4 aromatic rings. The first kappa shape index (κ1) is 26.2. The molecule has 0 radical (unpaired) electrons. The van der Waals surface area contributed by atoms with Crippen molar-refractivity contribution in [3.8, 4) is 16.9 Å². The van der Waals surface area contributed by atoms with Crippen LogP contribution in [0, 0.1) is 13.8 Å². The molecule has 6 nitrogen and oxygen atoms in total. The zero-order valence-corrected chi connectivity index (χ0v) is 22.7. The van der Waals surface area contributed by atoms with E-state index in [-0.39, 0.29) is 17.6 Å². The molecule has 1 amide bonds. The molecule has 0 fully saturated rings. The normalized spacial score (nSPS) is 13.8. The SMILES string of the molecule is Cc1ccc(C(C)C)c(OC(=O)c2oc3c(c2C)/C(=N/NC(=O)c2ccc(-c4ccccc4)cc2)CCC3)c1. The quantitative estimate of drug-likeness (QED) is 0.163. The number of carbonyl (C=O) groups is 2. The van der Waals surface area contributed by atoms with E-state index in [0.717, 1.165) is 34.2 Å². The zero-order chi connectivity index (χ0) is 27.5. The summed E-state index contributed by atoms with van der Waals surface area (Å²) in [4.78, 5) is 26.0.